The molecule has 1 N–H and O–H groups in total. The van der Waals surface area contributed by atoms with Crippen molar-refractivity contribution in [2.45, 2.75) is 48.0 Å². The van der Waals surface area contributed by atoms with E-state index in [2.05, 4.69) is 64.4 Å². The Morgan fingerprint density at radius 3 is 2.22 bits per heavy atom. The van der Waals surface area contributed by atoms with E-state index in [-0.39, 0.29) is 5.41 Å². The SMILES string of the molecule is C=C(CC)/C(C)=C(/C=C(\C)C#CC(C)(C)C)NC. The fourth-order valence-corrected chi connectivity index (χ4v) is 1.36. The van der Waals surface area contributed by atoms with Gasteiger partial charge in [0.2, 0.25) is 0 Å². The van der Waals surface area contributed by atoms with Crippen LogP contribution in [0.2, 0.25) is 0 Å². The molecule has 1 nitrogen and oxygen atoms in total. The number of hydrogen-bond donors (Lipinski definition) is 1. The quantitative estimate of drug-likeness (QED) is 0.570. The summed E-state index contributed by atoms with van der Waals surface area (Å²) >= 11 is 0. The first-order chi connectivity index (χ1) is 8.21. The predicted molar refractivity (Wildman–Crippen MR) is 82.2 cm³/mol. The van der Waals surface area contributed by atoms with Gasteiger partial charge in [-0.1, -0.05) is 30.9 Å². The second kappa shape index (κ2) is 7.11. The lowest BCUT2D eigenvalue weighted by Crippen LogP contribution is -2.07. The van der Waals surface area contributed by atoms with Crippen molar-refractivity contribution in [2.24, 2.45) is 5.41 Å². The van der Waals surface area contributed by atoms with Gasteiger partial charge in [-0.05, 0) is 52.7 Å². The maximum Gasteiger partial charge on any atom is 0.0378 e. The zero-order valence-electron chi connectivity index (χ0n) is 13.0. The standard InChI is InChI=1S/C17H27N/c1-9-14(3)15(4)16(18-8)12-13(2)10-11-17(5,6)7/h12,18H,3,9H2,1-2,4-8H3/b13-12+,16-15-. The monoisotopic (exact) mass is 245 g/mol. The summed E-state index contributed by atoms with van der Waals surface area (Å²) in [6.07, 6.45) is 3.06. The Morgan fingerprint density at radius 1 is 1.28 bits per heavy atom. The number of likely N-dealkylation sites (N-methyl/N-ethyl adjacent to an activating group) is 1. The third-order valence-corrected chi connectivity index (χ3v) is 2.63. The van der Waals surface area contributed by atoms with Crippen LogP contribution in [0.3, 0.4) is 0 Å². The maximum absolute atomic E-state index is 4.07. The predicted octanol–water partition coefficient (Wildman–Crippen LogP) is 4.44. The molecule has 18 heavy (non-hydrogen) atoms. The lowest BCUT2D eigenvalue weighted by Gasteiger charge is -2.10. The Labute approximate surface area is 113 Å². The Balaban J connectivity index is 5.23. The van der Waals surface area contributed by atoms with Crippen LogP contribution in [0.5, 0.6) is 0 Å². The molecular weight excluding hydrogens is 218 g/mol. The minimum Gasteiger partial charge on any atom is -0.388 e. The van der Waals surface area contributed by atoms with Gasteiger partial charge in [0.15, 0.2) is 0 Å². The van der Waals surface area contributed by atoms with Gasteiger partial charge in [-0.3, -0.25) is 0 Å². The van der Waals surface area contributed by atoms with Crippen molar-refractivity contribution in [2.75, 3.05) is 7.05 Å². The normalized spacial score (nSPS) is 13.4. The molecule has 0 rings (SSSR count). The van der Waals surface area contributed by atoms with Crippen molar-refractivity contribution in [1.82, 2.24) is 5.32 Å². The van der Waals surface area contributed by atoms with Gasteiger partial charge in [0, 0.05) is 23.7 Å². The number of nitrogens with one attached hydrogen (secondary N) is 1. The molecule has 0 radical (unpaired) electrons. The molecule has 0 bridgehead atoms. The van der Waals surface area contributed by atoms with Crippen LogP contribution in [0.4, 0.5) is 0 Å². The Kier molecular flexibility index (Phi) is 6.55. The molecule has 0 saturated heterocycles. The van der Waals surface area contributed by atoms with E-state index in [1.165, 1.54) is 5.57 Å². The van der Waals surface area contributed by atoms with E-state index in [1.54, 1.807) is 0 Å². The maximum atomic E-state index is 4.07. The summed E-state index contributed by atoms with van der Waals surface area (Å²) in [4.78, 5) is 0. The van der Waals surface area contributed by atoms with Gasteiger partial charge in [-0.15, -0.1) is 0 Å². The van der Waals surface area contributed by atoms with Gasteiger partial charge < -0.3 is 5.32 Å². The van der Waals surface area contributed by atoms with Crippen LogP contribution in [-0.2, 0) is 0 Å². The molecule has 0 fully saturated rings. The van der Waals surface area contributed by atoms with Crippen molar-refractivity contribution in [3.63, 3.8) is 0 Å². The minimum atomic E-state index is 0.0423. The Morgan fingerprint density at radius 2 is 1.83 bits per heavy atom. The molecule has 0 amide bonds. The van der Waals surface area contributed by atoms with Gasteiger partial charge in [0.25, 0.3) is 0 Å². The number of allylic oxidation sites excluding steroid dienone is 4. The molecule has 0 unspecified atom stereocenters. The van der Waals surface area contributed by atoms with Crippen molar-refractivity contribution in [3.05, 3.63) is 35.1 Å². The van der Waals surface area contributed by atoms with Crippen molar-refractivity contribution in [1.29, 1.82) is 0 Å². The molecule has 0 heterocycles. The van der Waals surface area contributed by atoms with Gasteiger partial charge >= 0.3 is 0 Å². The van der Waals surface area contributed by atoms with Gasteiger partial charge in [0.1, 0.15) is 0 Å². The van der Waals surface area contributed by atoms with Crippen LogP contribution in [0, 0.1) is 17.3 Å². The van der Waals surface area contributed by atoms with Crippen LogP contribution < -0.4 is 5.32 Å². The average molecular weight is 245 g/mol. The molecule has 0 aromatic rings. The van der Waals surface area contributed by atoms with Gasteiger partial charge in [0.05, 0.1) is 0 Å². The molecule has 0 aromatic carbocycles. The molecule has 0 saturated carbocycles. The van der Waals surface area contributed by atoms with E-state index in [0.29, 0.717) is 0 Å². The van der Waals surface area contributed by atoms with Crippen LogP contribution in [0.15, 0.2) is 35.1 Å². The summed E-state index contributed by atoms with van der Waals surface area (Å²) in [5, 5.41) is 3.22. The van der Waals surface area contributed by atoms with Crippen LogP contribution >= 0.6 is 0 Å². The lowest BCUT2D eigenvalue weighted by molar-refractivity contribution is 0.571. The smallest absolute Gasteiger partial charge is 0.0378 e. The summed E-state index contributed by atoms with van der Waals surface area (Å²) in [6, 6.07) is 0. The highest BCUT2D eigenvalue weighted by Crippen LogP contribution is 2.16. The first kappa shape index (κ1) is 16.6. The van der Waals surface area contributed by atoms with Gasteiger partial charge in [-0.25, -0.2) is 0 Å². The van der Waals surface area contributed by atoms with E-state index in [0.717, 1.165) is 23.3 Å². The molecule has 0 aromatic heterocycles. The topological polar surface area (TPSA) is 12.0 Å². The van der Waals surface area contributed by atoms with Crippen molar-refractivity contribution >= 4 is 0 Å². The zero-order chi connectivity index (χ0) is 14.3. The fraction of sp³-hybridized carbons (Fsp3) is 0.529. The van der Waals surface area contributed by atoms with E-state index in [1.807, 2.05) is 14.0 Å². The number of hydrogen-bond acceptors (Lipinski definition) is 1. The zero-order valence-corrected chi connectivity index (χ0v) is 13.0. The first-order valence-electron chi connectivity index (χ1n) is 6.49. The average Bonchev–Trinajstić information content (AvgIpc) is 2.30. The van der Waals surface area contributed by atoms with Crippen molar-refractivity contribution < 1.29 is 0 Å². The van der Waals surface area contributed by atoms with Gasteiger partial charge in [-0.2, -0.15) is 0 Å². The number of rotatable bonds is 4. The second-order valence-corrected chi connectivity index (χ2v) is 5.57. The summed E-state index contributed by atoms with van der Waals surface area (Å²) in [5.41, 5.74) is 4.57. The summed E-state index contributed by atoms with van der Waals surface area (Å²) in [7, 11) is 1.93. The summed E-state index contributed by atoms with van der Waals surface area (Å²) in [6.45, 7) is 16.7. The molecule has 100 valence electrons. The highest BCUT2D eigenvalue weighted by Gasteiger charge is 2.04. The molecule has 0 aliphatic carbocycles. The van der Waals surface area contributed by atoms with E-state index >= 15 is 0 Å². The Bertz CT molecular complexity index is 417. The highest BCUT2D eigenvalue weighted by molar-refractivity contribution is 5.41. The molecule has 0 aliphatic rings. The Hall–Kier alpha value is -1.42. The minimum absolute atomic E-state index is 0.0423. The largest absolute Gasteiger partial charge is 0.388 e. The first-order valence-corrected chi connectivity index (χ1v) is 6.49. The van der Waals surface area contributed by atoms with Crippen LogP contribution in [0.25, 0.3) is 0 Å². The lowest BCUT2D eigenvalue weighted by atomic mass is 9.97. The molecule has 1 heteroatoms. The highest BCUT2D eigenvalue weighted by atomic mass is 14.8. The molecule has 0 atom stereocenters. The fourth-order valence-electron chi connectivity index (χ4n) is 1.36. The molecular formula is C17H27N. The second-order valence-electron chi connectivity index (χ2n) is 5.57. The molecule has 0 spiro atoms. The third-order valence-electron chi connectivity index (χ3n) is 2.63. The van der Waals surface area contributed by atoms with E-state index in [9.17, 15) is 0 Å². The van der Waals surface area contributed by atoms with E-state index in [4.69, 9.17) is 0 Å². The van der Waals surface area contributed by atoms with Crippen molar-refractivity contribution in [3.8, 4) is 11.8 Å². The third kappa shape index (κ3) is 6.35. The van der Waals surface area contributed by atoms with Crippen LogP contribution in [0.1, 0.15) is 48.0 Å². The summed E-state index contributed by atoms with van der Waals surface area (Å²) in [5.74, 6) is 6.45. The van der Waals surface area contributed by atoms with E-state index < -0.39 is 0 Å². The summed E-state index contributed by atoms with van der Waals surface area (Å²) < 4.78 is 0. The van der Waals surface area contributed by atoms with Crippen LogP contribution in [-0.4, -0.2) is 7.05 Å². The molecule has 0 aliphatic heterocycles.